The molecule has 0 spiro atoms. The van der Waals surface area contributed by atoms with Crippen LogP contribution < -0.4 is 16.0 Å². The number of hydrogen-bond donors (Lipinski definition) is 3. The van der Waals surface area contributed by atoms with Crippen LogP contribution in [-0.2, 0) is 45.2 Å². The molecule has 2 fully saturated rings. The Hall–Kier alpha value is -3.40. The molecule has 2 heterocycles. The number of hydrogen-bond acceptors (Lipinski definition) is 7. The van der Waals surface area contributed by atoms with Crippen LogP contribution in [0.2, 0.25) is 0 Å². The van der Waals surface area contributed by atoms with Gasteiger partial charge in [-0.1, -0.05) is 36.4 Å². The first kappa shape index (κ1) is 27.6. The van der Waals surface area contributed by atoms with E-state index >= 15 is 0 Å². The van der Waals surface area contributed by atoms with E-state index in [-0.39, 0.29) is 36.3 Å². The van der Waals surface area contributed by atoms with Gasteiger partial charge < -0.3 is 15.4 Å². The number of carbonyl (C=O) groups excluding carboxylic acids is 4. The second-order valence-electron chi connectivity index (χ2n) is 10.0. The highest BCUT2D eigenvalue weighted by molar-refractivity contribution is 6.00. The van der Waals surface area contributed by atoms with E-state index in [9.17, 15) is 19.2 Å². The standard InChI is InChI=1S/C29H36N4O5/c1-19-13-21(3-5-23(19)18-33-9-11-38-12-10-33)15-28(36)31-16-22-4-6-25(20(2)34)24(14-22)17-30-26-7-8-27(35)32-29(26)37/h3-6,13-14,26,30H,7-12,15-18H2,1-2H3,(H,31,36)(H,32,35,37). The van der Waals surface area contributed by atoms with Crippen molar-refractivity contribution in [1.29, 1.82) is 0 Å². The molecule has 0 saturated carbocycles. The molecule has 3 amide bonds. The fourth-order valence-corrected chi connectivity index (χ4v) is 4.86. The molecule has 1 unspecified atom stereocenters. The summed E-state index contributed by atoms with van der Waals surface area (Å²) >= 11 is 0. The lowest BCUT2D eigenvalue weighted by atomic mass is 9.99. The van der Waals surface area contributed by atoms with Crippen molar-refractivity contribution >= 4 is 23.5 Å². The second-order valence-corrected chi connectivity index (χ2v) is 10.0. The number of nitrogens with zero attached hydrogens (tertiary/aromatic N) is 1. The number of carbonyl (C=O) groups is 4. The lowest BCUT2D eigenvalue weighted by Gasteiger charge is -2.27. The first-order valence-electron chi connectivity index (χ1n) is 13.1. The van der Waals surface area contributed by atoms with Crippen LogP contribution in [0, 0.1) is 6.92 Å². The van der Waals surface area contributed by atoms with Crippen LogP contribution in [0.3, 0.4) is 0 Å². The third-order valence-corrected chi connectivity index (χ3v) is 7.09. The number of ether oxygens (including phenoxy) is 1. The largest absolute Gasteiger partial charge is 0.379 e. The molecule has 9 nitrogen and oxygen atoms in total. The quantitative estimate of drug-likeness (QED) is 0.323. The smallest absolute Gasteiger partial charge is 0.243 e. The minimum Gasteiger partial charge on any atom is -0.379 e. The lowest BCUT2D eigenvalue weighted by Crippen LogP contribution is -2.50. The van der Waals surface area contributed by atoms with Gasteiger partial charge in [0.2, 0.25) is 17.7 Å². The predicted octanol–water partition coefficient (Wildman–Crippen LogP) is 1.78. The number of ketones is 1. The maximum atomic E-state index is 12.7. The van der Waals surface area contributed by atoms with Crippen LogP contribution >= 0.6 is 0 Å². The first-order chi connectivity index (χ1) is 18.3. The van der Waals surface area contributed by atoms with Gasteiger partial charge in [-0.05, 0) is 48.1 Å². The van der Waals surface area contributed by atoms with E-state index in [1.165, 1.54) is 18.1 Å². The van der Waals surface area contributed by atoms with Crippen molar-refractivity contribution in [2.45, 2.75) is 58.8 Å². The summed E-state index contributed by atoms with van der Waals surface area (Å²) in [5.41, 5.74) is 5.58. The van der Waals surface area contributed by atoms with Crippen molar-refractivity contribution in [1.82, 2.24) is 20.9 Å². The summed E-state index contributed by atoms with van der Waals surface area (Å²) in [6.45, 7) is 8.52. The zero-order valence-electron chi connectivity index (χ0n) is 22.1. The Bertz CT molecular complexity index is 1210. The maximum Gasteiger partial charge on any atom is 0.243 e. The Morgan fingerprint density at radius 1 is 1.03 bits per heavy atom. The van der Waals surface area contributed by atoms with E-state index in [2.05, 4.69) is 39.9 Å². The zero-order chi connectivity index (χ0) is 27.1. The number of morpholine rings is 1. The predicted molar refractivity (Wildman–Crippen MR) is 142 cm³/mol. The second kappa shape index (κ2) is 12.9. The molecule has 0 radical (unpaired) electrons. The summed E-state index contributed by atoms with van der Waals surface area (Å²) in [5, 5.41) is 8.45. The molecule has 2 aliphatic rings. The molecule has 38 heavy (non-hydrogen) atoms. The van der Waals surface area contributed by atoms with Gasteiger partial charge in [0, 0.05) is 44.7 Å². The molecule has 3 N–H and O–H groups in total. The van der Waals surface area contributed by atoms with Crippen LogP contribution in [0.5, 0.6) is 0 Å². The monoisotopic (exact) mass is 520 g/mol. The Morgan fingerprint density at radius 2 is 1.79 bits per heavy atom. The summed E-state index contributed by atoms with van der Waals surface area (Å²) < 4.78 is 5.42. The van der Waals surface area contributed by atoms with Crippen LogP contribution in [0.25, 0.3) is 0 Å². The summed E-state index contributed by atoms with van der Waals surface area (Å²) in [6, 6.07) is 11.2. The highest BCUT2D eigenvalue weighted by Gasteiger charge is 2.26. The van der Waals surface area contributed by atoms with Crippen molar-refractivity contribution in [3.63, 3.8) is 0 Å². The van der Waals surface area contributed by atoms with Gasteiger partial charge in [-0.25, -0.2) is 0 Å². The fraction of sp³-hybridized carbons (Fsp3) is 0.448. The molecule has 4 rings (SSSR count). The maximum absolute atomic E-state index is 12.7. The molecular formula is C29H36N4O5. The van der Waals surface area contributed by atoms with E-state index in [0.717, 1.165) is 49.5 Å². The Labute approximate surface area is 223 Å². The molecule has 2 aliphatic heterocycles. The van der Waals surface area contributed by atoms with Gasteiger partial charge in [0.1, 0.15) is 0 Å². The molecule has 2 saturated heterocycles. The molecule has 1 atom stereocenters. The Kier molecular flexibility index (Phi) is 9.38. The number of benzene rings is 2. The number of aryl methyl sites for hydroxylation is 1. The Balaban J connectivity index is 1.32. The van der Waals surface area contributed by atoms with Crippen LogP contribution in [0.4, 0.5) is 0 Å². The van der Waals surface area contributed by atoms with Crippen molar-refractivity contribution in [3.8, 4) is 0 Å². The van der Waals surface area contributed by atoms with Gasteiger partial charge in [0.05, 0.1) is 25.7 Å². The Morgan fingerprint density at radius 3 is 2.50 bits per heavy atom. The van der Waals surface area contributed by atoms with Crippen molar-refractivity contribution in [3.05, 3.63) is 69.8 Å². The number of nitrogens with one attached hydrogen (secondary N) is 3. The molecule has 202 valence electrons. The van der Waals surface area contributed by atoms with Gasteiger partial charge in [0.15, 0.2) is 5.78 Å². The van der Waals surface area contributed by atoms with Gasteiger partial charge in [-0.2, -0.15) is 0 Å². The number of imide groups is 1. The van der Waals surface area contributed by atoms with Crippen molar-refractivity contribution in [2.75, 3.05) is 26.3 Å². The molecule has 0 bridgehead atoms. The number of rotatable bonds is 10. The molecule has 0 aromatic heterocycles. The third kappa shape index (κ3) is 7.56. The lowest BCUT2D eigenvalue weighted by molar-refractivity contribution is -0.134. The third-order valence-electron chi connectivity index (χ3n) is 7.09. The van der Waals surface area contributed by atoms with Gasteiger partial charge in [0.25, 0.3) is 0 Å². The van der Waals surface area contributed by atoms with Crippen molar-refractivity contribution < 1.29 is 23.9 Å². The van der Waals surface area contributed by atoms with E-state index in [4.69, 9.17) is 4.74 Å². The van der Waals surface area contributed by atoms with Gasteiger partial charge >= 0.3 is 0 Å². The first-order valence-corrected chi connectivity index (χ1v) is 13.1. The topological polar surface area (TPSA) is 117 Å². The van der Waals surface area contributed by atoms with Crippen molar-refractivity contribution in [2.24, 2.45) is 0 Å². The zero-order valence-corrected chi connectivity index (χ0v) is 22.1. The molecule has 0 aliphatic carbocycles. The van der Waals surface area contributed by atoms with Gasteiger partial charge in [-0.15, -0.1) is 0 Å². The normalized spacial score (nSPS) is 18.2. The molecular weight excluding hydrogens is 484 g/mol. The average molecular weight is 521 g/mol. The summed E-state index contributed by atoms with van der Waals surface area (Å²) in [4.78, 5) is 50.6. The summed E-state index contributed by atoms with van der Waals surface area (Å²) in [6.07, 6.45) is 0.989. The summed E-state index contributed by atoms with van der Waals surface area (Å²) in [5.74, 6) is -0.773. The highest BCUT2D eigenvalue weighted by atomic mass is 16.5. The number of amides is 3. The number of piperidine rings is 1. The van der Waals surface area contributed by atoms with Crippen LogP contribution in [-0.4, -0.2) is 60.7 Å². The molecule has 2 aromatic carbocycles. The molecule has 9 heteroatoms. The van der Waals surface area contributed by atoms with E-state index < -0.39 is 6.04 Å². The van der Waals surface area contributed by atoms with E-state index in [1.54, 1.807) is 6.07 Å². The van der Waals surface area contributed by atoms with E-state index in [0.29, 0.717) is 25.1 Å². The minimum absolute atomic E-state index is 0.0758. The average Bonchev–Trinajstić information content (AvgIpc) is 2.89. The van der Waals surface area contributed by atoms with E-state index in [1.807, 2.05) is 18.2 Å². The minimum atomic E-state index is -0.486. The highest BCUT2D eigenvalue weighted by Crippen LogP contribution is 2.17. The van der Waals surface area contributed by atoms with Crippen LogP contribution in [0.15, 0.2) is 36.4 Å². The fourth-order valence-electron chi connectivity index (χ4n) is 4.86. The van der Waals surface area contributed by atoms with Gasteiger partial charge in [-0.3, -0.25) is 29.4 Å². The summed E-state index contributed by atoms with van der Waals surface area (Å²) in [7, 11) is 0. The number of Topliss-reactive ketones (excluding diaryl/α,β-unsaturated/α-hetero) is 1. The SMILES string of the molecule is CC(=O)c1ccc(CNC(=O)Cc2ccc(CN3CCOCC3)c(C)c2)cc1CNC1CCC(=O)NC1=O. The molecule has 2 aromatic rings. The van der Waals surface area contributed by atoms with Crippen LogP contribution in [0.1, 0.15) is 57.9 Å².